The summed E-state index contributed by atoms with van der Waals surface area (Å²) >= 11 is 7.02. The average molecular weight is 456 g/mol. The topological polar surface area (TPSA) is 69.7 Å². The molecule has 0 aromatic heterocycles. The number of nitrogens with zero attached hydrogens (tertiary/aromatic N) is 2. The van der Waals surface area contributed by atoms with Crippen LogP contribution in [0.5, 0.6) is 0 Å². The van der Waals surface area contributed by atoms with E-state index in [1.165, 1.54) is 5.56 Å². The molecule has 1 atom stereocenters. The molecule has 31 heavy (non-hydrogen) atoms. The molecule has 1 N–H and O–H groups in total. The van der Waals surface area contributed by atoms with Gasteiger partial charge in [0.05, 0.1) is 11.4 Å². The largest absolute Gasteiger partial charge is 0.359 e. The number of fused-ring (bicyclic) bond motifs is 1. The van der Waals surface area contributed by atoms with Gasteiger partial charge in [0.2, 0.25) is 5.91 Å². The maximum Gasteiger partial charge on any atom is 0.293 e. The molecule has 0 saturated carbocycles. The SMILES string of the molecule is C[C@@H]1Cc2ccccc2N1CC(=O)NCCN1C(=O)S/C(=C/c2ccccc2Cl)C1=O. The van der Waals surface area contributed by atoms with Gasteiger partial charge in [-0.2, -0.15) is 0 Å². The van der Waals surface area contributed by atoms with E-state index in [1.54, 1.807) is 24.3 Å². The van der Waals surface area contributed by atoms with Crippen molar-refractivity contribution < 1.29 is 14.4 Å². The zero-order valence-corrected chi connectivity index (χ0v) is 18.6. The predicted molar refractivity (Wildman–Crippen MR) is 124 cm³/mol. The number of nitrogens with one attached hydrogen (secondary N) is 1. The molecule has 0 radical (unpaired) electrons. The molecular formula is C23H22ClN3O3S. The molecule has 2 aromatic carbocycles. The summed E-state index contributed by atoms with van der Waals surface area (Å²) in [6.45, 7) is 2.67. The van der Waals surface area contributed by atoms with Crippen molar-refractivity contribution >= 4 is 52.2 Å². The number of hydrogen-bond donors (Lipinski definition) is 1. The number of hydrogen-bond acceptors (Lipinski definition) is 5. The predicted octanol–water partition coefficient (Wildman–Crippen LogP) is 3.94. The van der Waals surface area contributed by atoms with E-state index in [0.29, 0.717) is 15.5 Å². The van der Waals surface area contributed by atoms with Gasteiger partial charge in [0.25, 0.3) is 11.1 Å². The zero-order chi connectivity index (χ0) is 22.0. The van der Waals surface area contributed by atoms with Crippen LogP contribution >= 0.6 is 23.4 Å². The molecule has 0 spiro atoms. The van der Waals surface area contributed by atoms with Crippen LogP contribution in [-0.2, 0) is 16.0 Å². The molecule has 2 aromatic rings. The average Bonchev–Trinajstić information content (AvgIpc) is 3.20. The summed E-state index contributed by atoms with van der Waals surface area (Å²) < 4.78 is 0. The summed E-state index contributed by atoms with van der Waals surface area (Å²) in [5.74, 6) is -0.506. The smallest absolute Gasteiger partial charge is 0.293 e. The van der Waals surface area contributed by atoms with Gasteiger partial charge in [0, 0.05) is 29.8 Å². The highest BCUT2D eigenvalue weighted by molar-refractivity contribution is 8.18. The minimum absolute atomic E-state index is 0.127. The van der Waals surface area contributed by atoms with Gasteiger partial charge in [0.1, 0.15) is 0 Å². The minimum Gasteiger partial charge on any atom is -0.359 e. The number of halogens is 1. The van der Waals surface area contributed by atoms with Crippen LogP contribution in [0, 0.1) is 0 Å². The van der Waals surface area contributed by atoms with Gasteiger partial charge < -0.3 is 10.2 Å². The van der Waals surface area contributed by atoms with Gasteiger partial charge in [-0.05, 0) is 54.4 Å². The van der Waals surface area contributed by atoms with E-state index in [1.807, 2.05) is 24.3 Å². The molecule has 4 rings (SSSR count). The molecule has 1 fully saturated rings. The number of anilines is 1. The fourth-order valence-corrected chi connectivity index (χ4v) is 4.86. The van der Waals surface area contributed by atoms with Gasteiger partial charge in [-0.3, -0.25) is 19.3 Å². The molecule has 2 heterocycles. The van der Waals surface area contributed by atoms with Crippen molar-refractivity contribution in [3.8, 4) is 0 Å². The summed E-state index contributed by atoms with van der Waals surface area (Å²) in [7, 11) is 0. The summed E-state index contributed by atoms with van der Waals surface area (Å²) in [5, 5.41) is 2.99. The van der Waals surface area contributed by atoms with Crippen molar-refractivity contribution in [1.82, 2.24) is 10.2 Å². The Morgan fingerprint density at radius 3 is 2.74 bits per heavy atom. The third-order valence-electron chi connectivity index (χ3n) is 5.39. The van der Waals surface area contributed by atoms with E-state index in [9.17, 15) is 14.4 Å². The van der Waals surface area contributed by atoms with Crippen LogP contribution in [0.4, 0.5) is 10.5 Å². The maximum absolute atomic E-state index is 12.6. The number of para-hydroxylation sites is 1. The van der Waals surface area contributed by atoms with E-state index in [4.69, 9.17) is 11.6 Å². The number of carbonyl (C=O) groups excluding carboxylic acids is 3. The van der Waals surface area contributed by atoms with Gasteiger partial charge in [-0.25, -0.2) is 0 Å². The Labute approximate surface area is 190 Å². The first-order chi connectivity index (χ1) is 14.9. The first kappa shape index (κ1) is 21.5. The maximum atomic E-state index is 12.6. The Morgan fingerprint density at radius 1 is 1.19 bits per heavy atom. The van der Waals surface area contributed by atoms with Gasteiger partial charge in [0.15, 0.2) is 0 Å². The summed E-state index contributed by atoms with van der Waals surface area (Å²) in [5.41, 5.74) is 3.01. The Hall–Kier alpha value is -2.77. The Morgan fingerprint density at radius 2 is 1.94 bits per heavy atom. The standard InChI is InChI=1S/C23H22ClN3O3S/c1-15-12-17-7-3-5-9-19(17)27(15)14-21(28)25-10-11-26-22(29)20(31-23(26)30)13-16-6-2-4-8-18(16)24/h2-9,13,15H,10-12,14H2,1H3,(H,25,28)/b20-13+/t15-/m1/s1. The van der Waals surface area contributed by atoms with Gasteiger partial charge >= 0.3 is 0 Å². The molecule has 1 saturated heterocycles. The normalized spacial score (nSPS) is 19.3. The number of thioether (sulfide) groups is 1. The van der Waals surface area contributed by atoms with Crippen LogP contribution in [0.1, 0.15) is 18.1 Å². The van der Waals surface area contributed by atoms with E-state index < -0.39 is 0 Å². The second kappa shape index (κ2) is 9.16. The van der Waals surface area contributed by atoms with Crippen molar-refractivity contribution in [2.24, 2.45) is 0 Å². The van der Waals surface area contributed by atoms with Crippen molar-refractivity contribution in [3.63, 3.8) is 0 Å². The van der Waals surface area contributed by atoms with Crippen molar-refractivity contribution in [2.45, 2.75) is 19.4 Å². The van der Waals surface area contributed by atoms with Crippen LogP contribution in [0.2, 0.25) is 5.02 Å². The fourth-order valence-electron chi connectivity index (χ4n) is 3.81. The lowest BCUT2D eigenvalue weighted by molar-refractivity contribution is -0.124. The van der Waals surface area contributed by atoms with Crippen LogP contribution in [0.3, 0.4) is 0 Å². The monoisotopic (exact) mass is 455 g/mol. The molecule has 160 valence electrons. The quantitative estimate of drug-likeness (QED) is 0.668. The van der Waals surface area contributed by atoms with Crippen LogP contribution < -0.4 is 10.2 Å². The number of carbonyl (C=O) groups is 3. The summed E-state index contributed by atoms with van der Waals surface area (Å²) in [4.78, 5) is 40.9. The van der Waals surface area contributed by atoms with Crippen molar-refractivity contribution in [1.29, 1.82) is 0 Å². The molecule has 2 aliphatic rings. The molecule has 0 bridgehead atoms. The second-order valence-electron chi connectivity index (χ2n) is 7.51. The lowest BCUT2D eigenvalue weighted by Crippen LogP contribution is -2.43. The van der Waals surface area contributed by atoms with E-state index in [2.05, 4.69) is 23.2 Å². The van der Waals surface area contributed by atoms with Crippen LogP contribution in [-0.4, -0.2) is 47.6 Å². The second-order valence-corrected chi connectivity index (χ2v) is 8.91. The summed E-state index contributed by atoms with van der Waals surface area (Å²) in [6, 6.07) is 15.5. The van der Waals surface area contributed by atoms with Crippen LogP contribution in [0.15, 0.2) is 53.4 Å². The van der Waals surface area contributed by atoms with E-state index in [0.717, 1.165) is 28.8 Å². The first-order valence-corrected chi connectivity index (χ1v) is 11.2. The molecular weight excluding hydrogens is 434 g/mol. The van der Waals surface area contributed by atoms with E-state index in [-0.39, 0.29) is 42.7 Å². The lowest BCUT2D eigenvalue weighted by Gasteiger charge is -2.24. The van der Waals surface area contributed by atoms with Crippen molar-refractivity contribution in [3.05, 3.63) is 69.6 Å². The van der Waals surface area contributed by atoms with E-state index >= 15 is 0 Å². The summed E-state index contributed by atoms with van der Waals surface area (Å²) in [6.07, 6.45) is 2.54. The fraction of sp³-hybridized carbons (Fsp3) is 0.261. The zero-order valence-electron chi connectivity index (χ0n) is 17.0. The lowest BCUT2D eigenvalue weighted by atomic mass is 10.1. The molecule has 0 aliphatic carbocycles. The Kier molecular flexibility index (Phi) is 6.34. The first-order valence-electron chi connectivity index (χ1n) is 10.0. The third kappa shape index (κ3) is 4.62. The molecule has 3 amide bonds. The highest BCUT2D eigenvalue weighted by atomic mass is 35.5. The van der Waals surface area contributed by atoms with Crippen LogP contribution in [0.25, 0.3) is 6.08 Å². The van der Waals surface area contributed by atoms with Gasteiger partial charge in [-0.1, -0.05) is 48.0 Å². The number of rotatable bonds is 6. The molecule has 0 unspecified atom stereocenters. The molecule has 2 aliphatic heterocycles. The Bertz CT molecular complexity index is 1070. The molecule has 6 nitrogen and oxygen atoms in total. The van der Waals surface area contributed by atoms with Crippen molar-refractivity contribution in [2.75, 3.05) is 24.5 Å². The number of amides is 3. The molecule has 8 heteroatoms. The highest BCUT2D eigenvalue weighted by Crippen LogP contribution is 2.33. The number of imide groups is 1. The van der Waals surface area contributed by atoms with Gasteiger partial charge in [-0.15, -0.1) is 0 Å². The number of benzene rings is 2. The third-order valence-corrected chi connectivity index (χ3v) is 6.64. The highest BCUT2D eigenvalue weighted by Gasteiger charge is 2.35. The Balaban J connectivity index is 1.32. The minimum atomic E-state index is -0.369.